The van der Waals surface area contributed by atoms with E-state index in [2.05, 4.69) is 34.5 Å². The van der Waals surface area contributed by atoms with Crippen molar-refractivity contribution in [2.24, 2.45) is 0 Å². The molecular formula is C27H33NO4S. The fourth-order valence-electron chi connectivity index (χ4n) is 4.74. The van der Waals surface area contributed by atoms with Crippen LogP contribution in [0.5, 0.6) is 5.75 Å². The van der Waals surface area contributed by atoms with Crippen molar-refractivity contribution in [3.05, 3.63) is 56.8 Å². The lowest BCUT2D eigenvalue weighted by Gasteiger charge is -2.30. The number of carbonyl (C=O) groups is 2. The summed E-state index contributed by atoms with van der Waals surface area (Å²) in [6.07, 6.45) is 5.75. The summed E-state index contributed by atoms with van der Waals surface area (Å²) in [6, 6.07) is 8.66. The molecule has 1 fully saturated rings. The first kappa shape index (κ1) is 23.7. The Bertz CT molecular complexity index is 1030. The van der Waals surface area contributed by atoms with Crippen LogP contribution in [0.2, 0.25) is 0 Å². The fourth-order valence-corrected chi connectivity index (χ4v) is 5.76. The highest BCUT2D eigenvalue weighted by Crippen LogP contribution is 2.43. The highest BCUT2D eigenvalue weighted by Gasteiger charge is 2.26. The van der Waals surface area contributed by atoms with E-state index in [0.29, 0.717) is 19.4 Å². The lowest BCUT2D eigenvalue weighted by molar-refractivity contribution is -0.140. The monoisotopic (exact) mass is 467 g/mol. The highest BCUT2D eigenvalue weighted by molar-refractivity contribution is 7.11. The minimum atomic E-state index is -0.158. The predicted octanol–water partition coefficient (Wildman–Crippen LogP) is 5.40. The lowest BCUT2D eigenvalue weighted by Crippen LogP contribution is -2.32. The summed E-state index contributed by atoms with van der Waals surface area (Å²) in [4.78, 5) is 26.6. The van der Waals surface area contributed by atoms with E-state index < -0.39 is 0 Å². The smallest absolute Gasteiger partial charge is 0.305 e. The summed E-state index contributed by atoms with van der Waals surface area (Å²) in [6.45, 7) is 5.34. The SMILES string of the molecule is COC(=O)CCCc1ccc2c(c1)C(=C1CCN(CCCC(C)=O)CC1)c1sccc1CO2. The van der Waals surface area contributed by atoms with Gasteiger partial charge in [0.15, 0.2) is 0 Å². The van der Waals surface area contributed by atoms with Gasteiger partial charge in [-0.2, -0.15) is 0 Å². The molecule has 0 N–H and O–H groups in total. The van der Waals surface area contributed by atoms with Gasteiger partial charge in [-0.05, 0) is 74.7 Å². The molecule has 33 heavy (non-hydrogen) atoms. The molecule has 0 aliphatic carbocycles. The maximum Gasteiger partial charge on any atom is 0.305 e. The van der Waals surface area contributed by atoms with Crippen molar-refractivity contribution in [1.29, 1.82) is 0 Å². The maximum absolute atomic E-state index is 11.5. The molecule has 3 heterocycles. The first-order valence-corrected chi connectivity index (χ1v) is 12.8. The Kier molecular flexibility index (Phi) is 7.99. The molecule has 2 aliphatic heterocycles. The number of esters is 1. The maximum atomic E-state index is 11.5. The Morgan fingerprint density at radius 1 is 1.12 bits per heavy atom. The molecule has 0 spiro atoms. The van der Waals surface area contributed by atoms with Crippen LogP contribution in [-0.4, -0.2) is 43.4 Å². The quantitative estimate of drug-likeness (QED) is 0.487. The van der Waals surface area contributed by atoms with E-state index in [0.717, 1.165) is 57.5 Å². The lowest BCUT2D eigenvalue weighted by atomic mass is 9.89. The third kappa shape index (κ3) is 5.92. The normalized spacial score (nSPS) is 15.9. The Morgan fingerprint density at radius 3 is 2.70 bits per heavy atom. The Morgan fingerprint density at radius 2 is 1.94 bits per heavy atom. The van der Waals surface area contributed by atoms with E-state index in [1.165, 1.54) is 39.8 Å². The number of piperidine rings is 1. The van der Waals surface area contributed by atoms with E-state index in [9.17, 15) is 9.59 Å². The molecule has 0 atom stereocenters. The van der Waals surface area contributed by atoms with Crippen LogP contribution in [0.25, 0.3) is 5.57 Å². The summed E-state index contributed by atoms with van der Waals surface area (Å²) >= 11 is 1.80. The molecule has 1 aromatic heterocycles. The zero-order valence-electron chi connectivity index (χ0n) is 19.7. The average Bonchev–Trinajstić information content (AvgIpc) is 3.21. The number of thiophene rings is 1. The number of nitrogens with zero attached hydrogens (tertiary/aromatic N) is 1. The standard InChI is InChI=1S/C27H33NO4S/c1-19(29)5-4-13-28-14-10-21(11-15-28)26-23-17-20(6-3-7-25(30)31-2)8-9-24(23)32-18-22-12-16-33-27(22)26/h8-9,12,16-17H,3-7,10-11,13-15,18H2,1-2H3. The number of rotatable bonds is 8. The van der Waals surface area contributed by atoms with Gasteiger partial charge in [-0.1, -0.05) is 11.6 Å². The van der Waals surface area contributed by atoms with Crippen LogP contribution in [-0.2, 0) is 27.4 Å². The van der Waals surface area contributed by atoms with Gasteiger partial charge in [0.25, 0.3) is 0 Å². The number of hydrogen-bond donors (Lipinski definition) is 0. The molecule has 0 saturated carbocycles. The van der Waals surface area contributed by atoms with Crippen LogP contribution in [0, 0.1) is 0 Å². The van der Waals surface area contributed by atoms with Gasteiger partial charge < -0.3 is 19.2 Å². The summed E-state index contributed by atoms with van der Waals surface area (Å²) in [5.74, 6) is 1.06. The van der Waals surface area contributed by atoms with Crippen LogP contribution in [0.3, 0.4) is 0 Å². The summed E-state index contributed by atoms with van der Waals surface area (Å²) in [5, 5.41) is 2.16. The number of ketones is 1. The van der Waals surface area contributed by atoms with Crippen LogP contribution < -0.4 is 4.74 Å². The van der Waals surface area contributed by atoms with E-state index in [4.69, 9.17) is 9.47 Å². The van der Waals surface area contributed by atoms with Gasteiger partial charge in [0.05, 0.1) is 7.11 Å². The minimum Gasteiger partial charge on any atom is -0.488 e. The molecule has 0 unspecified atom stereocenters. The number of carbonyl (C=O) groups excluding carboxylic acids is 2. The van der Waals surface area contributed by atoms with Crippen molar-refractivity contribution in [1.82, 2.24) is 4.90 Å². The van der Waals surface area contributed by atoms with Gasteiger partial charge in [-0.3, -0.25) is 4.79 Å². The second kappa shape index (κ2) is 11.1. The molecule has 1 aromatic carbocycles. The molecule has 2 aromatic rings. The van der Waals surface area contributed by atoms with Crippen molar-refractivity contribution in [3.8, 4) is 5.75 Å². The zero-order valence-corrected chi connectivity index (χ0v) is 20.5. The number of ether oxygens (including phenoxy) is 2. The molecule has 6 heteroatoms. The molecule has 176 valence electrons. The number of Topliss-reactive ketones (excluding diaryl/α,β-unsaturated/α-hetero) is 1. The number of benzene rings is 1. The second-order valence-electron chi connectivity index (χ2n) is 8.95. The molecule has 2 aliphatic rings. The van der Waals surface area contributed by atoms with E-state index >= 15 is 0 Å². The molecule has 1 saturated heterocycles. The predicted molar refractivity (Wildman–Crippen MR) is 132 cm³/mol. The summed E-state index contributed by atoms with van der Waals surface area (Å²) in [7, 11) is 1.44. The summed E-state index contributed by atoms with van der Waals surface area (Å²) < 4.78 is 11.0. The van der Waals surface area contributed by atoms with Gasteiger partial charge in [0.2, 0.25) is 0 Å². The van der Waals surface area contributed by atoms with Gasteiger partial charge in [0.1, 0.15) is 18.1 Å². The summed E-state index contributed by atoms with van der Waals surface area (Å²) in [5.41, 5.74) is 6.52. The Balaban J connectivity index is 1.57. The number of hydrogen-bond acceptors (Lipinski definition) is 6. The topological polar surface area (TPSA) is 55.8 Å². The largest absolute Gasteiger partial charge is 0.488 e. The highest BCUT2D eigenvalue weighted by atomic mass is 32.1. The minimum absolute atomic E-state index is 0.158. The fraction of sp³-hybridized carbons (Fsp3) is 0.481. The Labute approximate surface area is 200 Å². The molecule has 4 rings (SSSR count). The van der Waals surface area contributed by atoms with Gasteiger partial charge in [-0.15, -0.1) is 11.3 Å². The third-order valence-corrected chi connectivity index (χ3v) is 7.53. The molecule has 0 radical (unpaired) electrons. The number of fused-ring (bicyclic) bond motifs is 2. The van der Waals surface area contributed by atoms with Crippen molar-refractivity contribution in [2.75, 3.05) is 26.7 Å². The average molecular weight is 468 g/mol. The van der Waals surface area contributed by atoms with Crippen LogP contribution in [0.15, 0.2) is 35.2 Å². The van der Waals surface area contributed by atoms with Crippen molar-refractivity contribution in [3.63, 3.8) is 0 Å². The third-order valence-electron chi connectivity index (χ3n) is 6.56. The van der Waals surface area contributed by atoms with E-state index in [1.807, 2.05) is 0 Å². The van der Waals surface area contributed by atoms with Crippen LogP contribution in [0.4, 0.5) is 0 Å². The van der Waals surface area contributed by atoms with Crippen LogP contribution in [0.1, 0.15) is 67.0 Å². The zero-order chi connectivity index (χ0) is 23.2. The number of aryl methyl sites for hydroxylation is 1. The van der Waals surface area contributed by atoms with Gasteiger partial charge in [-0.25, -0.2) is 0 Å². The second-order valence-corrected chi connectivity index (χ2v) is 9.87. The number of methoxy groups -OCH3 is 1. The molecular weight excluding hydrogens is 434 g/mol. The number of likely N-dealkylation sites (tertiary alicyclic amines) is 1. The first-order valence-electron chi connectivity index (χ1n) is 11.9. The van der Waals surface area contributed by atoms with Crippen molar-refractivity contribution >= 4 is 28.7 Å². The van der Waals surface area contributed by atoms with Crippen molar-refractivity contribution < 1.29 is 19.1 Å². The van der Waals surface area contributed by atoms with Crippen molar-refractivity contribution in [2.45, 2.75) is 58.5 Å². The van der Waals surface area contributed by atoms with Crippen LogP contribution >= 0.6 is 11.3 Å². The van der Waals surface area contributed by atoms with E-state index in [1.54, 1.807) is 18.3 Å². The Hall–Kier alpha value is -2.44. The van der Waals surface area contributed by atoms with Gasteiger partial charge >= 0.3 is 5.97 Å². The van der Waals surface area contributed by atoms with E-state index in [-0.39, 0.29) is 11.8 Å². The van der Waals surface area contributed by atoms with Gasteiger partial charge in [0, 0.05) is 47.5 Å². The first-order chi connectivity index (χ1) is 16.0. The molecule has 5 nitrogen and oxygen atoms in total. The molecule has 0 amide bonds. The molecule has 0 bridgehead atoms.